The number of carbonyl (C=O) groups is 1. The standard InChI is InChI=1S/C33H40F2N6O2/c1-5-23-28(24-10-7-8-11-25(24)30(34)35)36-17-26-29(23)37-32(43-20-33-13-9-14-41(33)18-21(3)16-33)38-31(26)39(4)22-12-15-40(19-22)27(42)6-2/h6-8,10-11,17,21-22,30H,2,5,9,12-16,18-20H2,1,3-4H3/t21-,22-,33+/m1/s1. The van der Waals surface area contributed by atoms with Crippen molar-refractivity contribution in [2.24, 2.45) is 5.92 Å². The number of likely N-dealkylation sites (tertiary alicyclic amines) is 1. The lowest BCUT2D eigenvalue weighted by Gasteiger charge is -2.32. The van der Waals surface area contributed by atoms with E-state index in [0.29, 0.717) is 54.6 Å². The highest BCUT2D eigenvalue weighted by Gasteiger charge is 2.47. The number of ether oxygens (including phenoxy) is 1. The Morgan fingerprint density at radius 2 is 2.07 bits per heavy atom. The van der Waals surface area contributed by atoms with Crippen LogP contribution in [0.2, 0.25) is 0 Å². The number of rotatable bonds is 9. The van der Waals surface area contributed by atoms with Gasteiger partial charge in [0, 0.05) is 55.6 Å². The van der Waals surface area contributed by atoms with E-state index in [9.17, 15) is 13.6 Å². The molecule has 3 aliphatic rings. The minimum atomic E-state index is -2.63. The number of hydrogen-bond donors (Lipinski definition) is 0. The first kappa shape index (κ1) is 29.4. The molecular weight excluding hydrogens is 550 g/mol. The normalized spacial score (nSPS) is 23.7. The fourth-order valence-corrected chi connectivity index (χ4v) is 7.49. The molecule has 5 heterocycles. The minimum absolute atomic E-state index is 0.00596. The smallest absolute Gasteiger partial charge is 0.319 e. The molecule has 1 amide bonds. The van der Waals surface area contributed by atoms with Crippen molar-refractivity contribution in [3.63, 3.8) is 0 Å². The van der Waals surface area contributed by atoms with Crippen molar-refractivity contribution >= 4 is 22.6 Å². The van der Waals surface area contributed by atoms with E-state index in [-0.39, 0.29) is 29.1 Å². The molecule has 2 aromatic heterocycles. The molecule has 8 nitrogen and oxygen atoms in total. The average molecular weight is 591 g/mol. The summed E-state index contributed by atoms with van der Waals surface area (Å²) in [6, 6.07) is 6.83. The molecule has 0 aliphatic carbocycles. The van der Waals surface area contributed by atoms with Gasteiger partial charge in [-0.3, -0.25) is 14.7 Å². The van der Waals surface area contributed by atoms with Crippen molar-refractivity contribution in [2.45, 2.75) is 64.0 Å². The van der Waals surface area contributed by atoms with Gasteiger partial charge in [0.25, 0.3) is 6.43 Å². The largest absolute Gasteiger partial charge is 0.461 e. The summed E-state index contributed by atoms with van der Waals surface area (Å²) in [6.07, 6.45) is 5.06. The fourth-order valence-electron chi connectivity index (χ4n) is 7.49. The Balaban J connectivity index is 1.44. The molecule has 3 atom stereocenters. The van der Waals surface area contributed by atoms with Crippen LogP contribution in [0.1, 0.15) is 57.1 Å². The molecule has 0 radical (unpaired) electrons. The van der Waals surface area contributed by atoms with E-state index >= 15 is 0 Å². The SMILES string of the molecule is C=CC(=O)N1CC[C@@H](N(C)c2nc(OC[C@@]34CCCN3C[C@H](C)C4)nc3c(CC)c(-c4ccccc4C(F)F)ncc23)C1. The van der Waals surface area contributed by atoms with Crippen molar-refractivity contribution in [1.29, 1.82) is 0 Å². The van der Waals surface area contributed by atoms with Gasteiger partial charge in [0.2, 0.25) is 5.91 Å². The number of anilines is 1. The van der Waals surface area contributed by atoms with Crippen LogP contribution in [0.4, 0.5) is 14.6 Å². The summed E-state index contributed by atoms with van der Waals surface area (Å²) < 4.78 is 34.6. The molecule has 228 valence electrons. The summed E-state index contributed by atoms with van der Waals surface area (Å²) in [7, 11) is 1.97. The highest BCUT2D eigenvalue weighted by molar-refractivity contribution is 5.95. The summed E-state index contributed by atoms with van der Waals surface area (Å²) >= 11 is 0. The van der Waals surface area contributed by atoms with Crippen LogP contribution in [-0.4, -0.2) is 82.1 Å². The summed E-state index contributed by atoms with van der Waals surface area (Å²) in [5.41, 5.74) is 2.27. The molecule has 3 aliphatic heterocycles. The summed E-state index contributed by atoms with van der Waals surface area (Å²) in [5.74, 6) is 1.19. The molecule has 0 unspecified atom stereocenters. The molecule has 6 rings (SSSR count). The lowest BCUT2D eigenvalue weighted by atomic mass is 9.92. The van der Waals surface area contributed by atoms with Gasteiger partial charge in [-0.15, -0.1) is 0 Å². The lowest BCUT2D eigenvalue weighted by Crippen LogP contribution is -2.43. The number of nitrogens with zero attached hydrogens (tertiary/aromatic N) is 6. The summed E-state index contributed by atoms with van der Waals surface area (Å²) in [4.78, 5) is 33.4. The van der Waals surface area contributed by atoms with Crippen LogP contribution in [0, 0.1) is 5.92 Å². The molecule has 3 saturated heterocycles. The van der Waals surface area contributed by atoms with E-state index in [1.165, 1.54) is 12.1 Å². The first-order chi connectivity index (χ1) is 20.7. The highest BCUT2D eigenvalue weighted by atomic mass is 19.3. The van der Waals surface area contributed by atoms with Crippen molar-refractivity contribution in [3.8, 4) is 17.3 Å². The first-order valence-electron chi connectivity index (χ1n) is 15.3. The Morgan fingerprint density at radius 1 is 1.26 bits per heavy atom. The van der Waals surface area contributed by atoms with E-state index < -0.39 is 6.43 Å². The molecule has 1 aromatic carbocycles. The van der Waals surface area contributed by atoms with Crippen molar-refractivity contribution in [3.05, 3.63) is 54.2 Å². The zero-order valence-electron chi connectivity index (χ0n) is 25.2. The Labute approximate surface area is 251 Å². The van der Waals surface area contributed by atoms with Crippen molar-refractivity contribution < 1.29 is 18.3 Å². The van der Waals surface area contributed by atoms with Gasteiger partial charge in [0.15, 0.2) is 0 Å². The van der Waals surface area contributed by atoms with Gasteiger partial charge in [-0.1, -0.05) is 44.7 Å². The van der Waals surface area contributed by atoms with Gasteiger partial charge in [-0.2, -0.15) is 9.97 Å². The topological polar surface area (TPSA) is 74.7 Å². The van der Waals surface area contributed by atoms with Crippen LogP contribution in [0.5, 0.6) is 6.01 Å². The number of carbonyl (C=O) groups excluding carboxylic acids is 1. The molecule has 3 fully saturated rings. The van der Waals surface area contributed by atoms with Crippen LogP contribution in [0.3, 0.4) is 0 Å². The Bertz CT molecular complexity index is 1530. The molecule has 3 aromatic rings. The third-order valence-corrected chi connectivity index (χ3v) is 9.61. The highest BCUT2D eigenvalue weighted by Crippen LogP contribution is 2.42. The van der Waals surface area contributed by atoms with Gasteiger partial charge in [-0.25, -0.2) is 8.78 Å². The maximum Gasteiger partial charge on any atom is 0.319 e. The van der Waals surface area contributed by atoms with Crippen molar-refractivity contribution in [1.82, 2.24) is 24.8 Å². The second kappa shape index (κ2) is 11.8. The molecule has 0 bridgehead atoms. The number of halogens is 2. The number of pyridine rings is 1. The number of aromatic nitrogens is 3. The Hall–Kier alpha value is -3.66. The predicted octanol–water partition coefficient (Wildman–Crippen LogP) is 5.67. The number of likely N-dealkylation sites (N-methyl/N-ethyl adjacent to an activating group) is 1. The quantitative estimate of drug-likeness (QED) is 0.298. The van der Waals surface area contributed by atoms with Gasteiger partial charge < -0.3 is 14.5 Å². The van der Waals surface area contributed by atoms with E-state index in [1.54, 1.807) is 29.3 Å². The molecule has 43 heavy (non-hydrogen) atoms. The van der Waals surface area contributed by atoms with E-state index in [4.69, 9.17) is 19.7 Å². The minimum Gasteiger partial charge on any atom is -0.461 e. The third kappa shape index (κ3) is 5.34. The second-order valence-electron chi connectivity index (χ2n) is 12.3. The molecule has 10 heteroatoms. The maximum absolute atomic E-state index is 14.0. The van der Waals surface area contributed by atoms with Crippen LogP contribution >= 0.6 is 0 Å². The Morgan fingerprint density at radius 3 is 2.84 bits per heavy atom. The second-order valence-corrected chi connectivity index (χ2v) is 12.3. The maximum atomic E-state index is 14.0. The number of amides is 1. The predicted molar refractivity (Wildman–Crippen MR) is 164 cm³/mol. The monoisotopic (exact) mass is 590 g/mol. The summed E-state index contributed by atoms with van der Waals surface area (Å²) in [5, 5.41) is 0.730. The zero-order valence-corrected chi connectivity index (χ0v) is 25.2. The number of hydrogen-bond acceptors (Lipinski definition) is 7. The van der Waals surface area contributed by atoms with Gasteiger partial charge in [0.05, 0.1) is 22.1 Å². The molecule has 0 N–H and O–H groups in total. The third-order valence-electron chi connectivity index (χ3n) is 9.61. The fraction of sp³-hybridized carbons (Fsp3) is 0.515. The van der Waals surface area contributed by atoms with Gasteiger partial charge in [0.1, 0.15) is 12.4 Å². The van der Waals surface area contributed by atoms with Crippen LogP contribution in [0.15, 0.2) is 43.1 Å². The molecule has 0 spiro atoms. The number of benzene rings is 1. The molecular formula is C33H40F2N6O2. The van der Waals surface area contributed by atoms with E-state index in [2.05, 4.69) is 23.3 Å². The van der Waals surface area contributed by atoms with Crippen molar-refractivity contribution in [2.75, 3.05) is 44.7 Å². The molecule has 0 saturated carbocycles. The van der Waals surface area contributed by atoms with E-state index in [1.807, 2.05) is 14.0 Å². The average Bonchev–Trinajstić information content (AvgIpc) is 3.73. The Kier molecular flexibility index (Phi) is 8.06. The number of aryl methyl sites for hydroxylation is 1. The zero-order chi connectivity index (χ0) is 30.3. The lowest BCUT2D eigenvalue weighted by molar-refractivity contribution is -0.125. The number of alkyl halides is 2. The summed E-state index contributed by atoms with van der Waals surface area (Å²) in [6.45, 7) is 11.8. The van der Waals surface area contributed by atoms with Crippen LogP contribution in [0.25, 0.3) is 22.2 Å². The number of fused-ring (bicyclic) bond motifs is 2. The van der Waals surface area contributed by atoms with Crippen LogP contribution < -0.4 is 9.64 Å². The van der Waals surface area contributed by atoms with Gasteiger partial charge >= 0.3 is 6.01 Å². The van der Waals surface area contributed by atoms with E-state index in [0.717, 1.165) is 49.7 Å². The van der Waals surface area contributed by atoms with Gasteiger partial charge in [-0.05, 0) is 50.6 Å². The first-order valence-corrected chi connectivity index (χ1v) is 15.3. The van der Waals surface area contributed by atoms with Crippen LogP contribution in [-0.2, 0) is 11.2 Å².